The summed E-state index contributed by atoms with van der Waals surface area (Å²) in [7, 11) is -4.65. The van der Waals surface area contributed by atoms with Crippen LogP contribution in [0.4, 0.5) is 28.4 Å². The predicted molar refractivity (Wildman–Crippen MR) is 255 cm³/mol. The van der Waals surface area contributed by atoms with Crippen LogP contribution in [-0.4, -0.2) is 98.3 Å². The largest absolute Gasteiger partial charge is 0.489 e. The van der Waals surface area contributed by atoms with Crippen LogP contribution in [0.1, 0.15) is 92.7 Å². The molecule has 0 unspecified atom stereocenters. The molecule has 3 N–H and O–H groups in total. The van der Waals surface area contributed by atoms with Gasteiger partial charge in [0.2, 0.25) is 5.88 Å². The second kappa shape index (κ2) is 17.3. The molecule has 4 fully saturated rings. The number of amides is 1. The van der Waals surface area contributed by atoms with Crippen molar-refractivity contribution in [2.24, 2.45) is 11.3 Å². The van der Waals surface area contributed by atoms with E-state index < -0.39 is 31.4 Å². The van der Waals surface area contributed by atoms with Gasteiger partial charge in [-0.15, -0.1) is 0 Å². The minimum atomic E-state index is -4.65. The number of aromatic amines is 1. The van der Waals surface area contributed by atoms with E-state index in [0.29, 0.717) is 60.2 Å². The number of aromatic nitrogens is 2. The Hall–Kier alpha value is -5.91. The standard InChI is InChI=1S/C50H58N8O8S/c1-3-32-7-4-5-8-38(32)41-9-6-18-56(41)36-27-50(28-36)15-19-55(20-16-50)35-10-11-39(42(24-35)57-29-31(2)66-49-44(57)23-34-12-17-51-47(34)53-49)48(59)54-67(62,63)37-25-43(58(60)61)46-45(26-37)65-30-40(52-46)33-13-21-64-22-14-33/h4-5,7-8,10-12,17,23-26,31,33,36,40-41,52H,3,6,9,13-16,18-22,27-30H2,1-2H3,(H,51,53)(H,54,59)/t31-,40+,41-/m0/s1. The summed E-state index contributed by atoms with van der Waals surface area (Å²) in [6, 6.07) is 21.5. The molecule has 7 heterocycles. The fourth-order valence-corrected chi connectivity index (χ4v) is 12.9. The summed E-state index contributed by atoms with van der Waals surface area (Å²) < 4.78 is 48.3. The number of nitro benzene ring substituents is 1. The molecular formula is C50H58N8O8S. The number of nitro groups is 1. The fourth-order valence-electron chi connectivity index (χ4n) is 11.9. The van der Waals surface area contributed by atoms with E-state index in [1.54, 1.807) is 12.3 Å². The number of sulfonamides is 1. The zero-order valence-electron chi connectivity index (χ0n) is 38.0. The van der Waals surface area contributed by atoms with Gasteiger partial charge in [-0.25, -0.2) is 13.1 Å². The molecule has 0 bridgehead atoms. The van der Waals surface area contributed by atoms with E-state index in [4.69, 9.17) is 19.2 Å². The van der Waals surface area contributed by atoms with Gasteiger partial charge in [-0.05, 0) is 124 Å². The van der Waals surface area contributed by atoms with Crippen molar-refractivity contribution in [3.05, 3.63) is 99.7 Å². The van der Waals surface area contributed by atoms with Gasteiger partial charge in [0.15, 0.2) is 11.4 Å². The van der Waals surface area contributed by atoms with Crippen LogP contribution in [0.2, 0.25) is 0 Å². The number of fused-ring (bicyclic) bond motifs is 3. The molecule has 1 saturated carbocycles. The number of hydrogen-bond donors (Lipinski definition) is 3. The lowest BCUT2D eigenvalue weighted by Gasteiger charge is -2.56. The first-order valence-electron chi connectivity index (χ1n) is 24.0. The molecule has 17 heteroatoms. The summed E-state index contributed by atoms with van der Waals surface area (Å²) in [6.07, 6.45) is 11.1. The molecule has 3 saturated heterocycles. The normalized spacial score (nSPS) is 23.2. The first kappa shape index (κ1) is 43.6. The molecule has 11 rings (SSSR count). The number of piperidine rings is 1. The second-order valence-electron chi connectivity index (χ2n) is 19.5. The Kier molecular flexibility index (Phi) is 11.3. The lowest BCUT2D eigenvalue weighted by atomic mass is 9.59. The van der Waals surface area contributed by atoms with Crippen LogP contribution in [0.25, 0.3) is 11.0 Å². The number of carbonyl (C=O) groups excluding carboxylic acids is 1. The highest BCUT2D eigenvalue weighted by molar-refractivity contribution is 7.90. The maximum Gasteiger partial charge on any atom is 0.297 e. The van der Waals surface area contributed by atoms with Gasteiger partial charge < -0.3 is 34.3 Å². The summed E-state index contributed by atoms with van der Waals surface area (Å²) in [6.45, 7) is 8.82. The number of benzene rings is 3. The van der Waals surface area contributed by atoms with Crippen LogP contribution in [0.15, 0.2) is 77.8 Å². The molecule has 0 radical (unpaired) electrons. The third-order valence-electron chi connectivity index (χ3n) is 15.5. The number of likely N-dealkylation sites (tertiary alicyclic amines) is 1. The lowest BCUT2D eigenvalue weighted by molar-refractivity contribution is -0.384. The van der Waals surface area contributed by atoms with E-state index >= 15 is 0 Å². The minimum Gasteiger partial charge on any atom is -0.489 e. The van der Waals surface area contributed by atoms with Crippen molar-refractivity contribution in [1.82, 2.24) is 19.6 Å². The summed E-state index contributed by atoms with van der Waals surface area (Å²) in [5.41, 5.74) is 5.80. The van der Waals surface area contributed by atoms with Crippen molar-refractivity contribution in [3.63, 3.8) is 0 Å². The number of hydrogen-bond acceptors (Lipinski definition) is 13. The predicted octanol–water partition coefficient (Wildman–Crippen LogP) is 8.26. The van der Waals surface area contributed by atoms with E-state index in [0.717, 1.165) is 68.9 Å². The lowest BCUT2D eigenvalue weighted by Crippen LogP contribution is -2.55. The SMILES string of the molecule is CCc1ccccc1[C@@H]1CCCN1C1CC2(CCN(c3ccc(C(=O)NS(=O)(=O)c4cc5c(c([N+](=O)[O-])c4)N[C@@H](C4CCOCC4)CO5)c(N4C[C@H](C)Oc5nc6[nH]ccc6cc54)c3)CC2)C1. The summed E-state index contributed by atoms with van der Waals surface area (Å²) in [4.78, 5) is 40.9. The monoisotopic (exact) mass is 930 g/mol. The van der Waals surface area contributed by atoms with Gasteiger partial charge in [0.25, 0.3) is 21.6 Å². The molecule has 67 heavy (non-hydrogen) atoms. The molecule has 5 aliphatic heterocycles. The van der Waals surface area contributed by atoms with Crippen LogP contribution in [-0.2, 0) is 21.2 Å². The van der Waals surface area contributed by atoms with Crippen LogP contribution in [0.5, 0.6) is 11.6 Å². The van der Waals surface area contributed by atoms with Crippen LogP contribution in [0.3, 0.4) is 0 Å². The smallest absolute Gasteiger partial charge is 0.297 e. The fraction of sp³-hybridized carbons (Fsp3) is 0.480. The van der Waals surface area contributed by atoms with Crippen molar-refractivity contribution in [2.45, 2.75) is 101 Å². The molecule has 352 valence electrons. The zero-order valence-corrected chi connectivity index (χ0v) is 38.9. The molecule has 5 aromatic rings. The van der Waals surface area contributed by atoms with Gasteiger partial charge in [-0.2, -0.15) is 4.98 Å². The number of nitrogens with zero attached hydrogens (tertiary/aromatic N) is 5. The third-order valence-corrected chi connectivity index (χ3v) is 16.8. The molecule has 3 aromatic carbocycles. The Morgan fingerprint density at radius 3 is 2.60 bits per heavy atom. The number of ether oxygens (including phenoxy) is 3. The molecule has 2 aromatic heterocycles. The number of aryl methyl sites for hydroxylation is 1. The number of H-pyrrole nitrogens is 1. The highest BCUT2D eigenvalue weighted by Crippen LogP contribution is 2.54. The van der Waals surface area contributed by atoms with E-state index in [9.17, 15) is 23.3 Å². The Bertz CT molecular complexity index is 2830. The van der Waals surface area contributed by atoms with Crippen molar-refractivity contribution in [1.29, 1.82) is 0 Å². The number of anilines is 4. The highest BCUT2D eigenvalue weighted by Gasteiger charge is 2.50. The van der Waals surface area contributed by atoms with Gasteiger partial charge in [-0.3, -0.25) is 19.8 Å². The quantitative estimate of drug-likeness (QED) is 0.0900. The maximum absolute atomic E-state index is 14.5. The average Bonchev–Trinajstić information content (AvgIpc) is 4.01. The van der Waals surface area contributed by atoms with Crippen LogP contribution in [0, 0.1) is 21.4 Å². The topological polar surface area (TPSA) is 184 Å². The van der Waals surface area contributed by atoms with Crippen LogP contribution >= 0.6 is 0 Å². The number of rotatable bonds is 10. The third kappa shape index (κ3) is 8.11. The average molecular weight is 931 g/mol. The Balaban J connectivity index is 0.860. The van der Waals surface area contributed by atoms with Gasteiger partial charge in [-0.1, -0.05) is 31.2 Å². The molecule has 1 aliphatic carbocycles. The molecule has 1 spiro atoms. The van der Waals surface area contributed by atoms with Crippen LogP contribution < -0.4 is 29.3 Å². The maximum atomic E-state index is 14.5. The molecule has 3 atom stereocenters. The van der Waals surface area contributed by atoms with Gasteiger partial charge in [0.1, 0.15) is 24.0 Å². The molecular weight excluding hydrogens is 873 g/mol. The number of carbonyl (C=O) groups is 1. The van der Waals surface area contributed by atoms with Crippen molar-refractivity contribution in [2.75, 3.05) is 61.1 Å². The van der Waals surface area contributed by atoms with E-state index in [1.165, 1.54) is 42.9 Å². The first-order chi connectivity index (χ1) is 32.5. The highest BCUT2D eigenvalue weighted by atomic mass is 32.2. The van der Waals surface area contributed by atoms with E-state index in [-0.39, 0.29) is 41.7 Å². The van der Waals surface area contributed by atoms with Gasteiger partial charge in [0, 0.05) is 67.8 Å². The molecule has 1 amide bonds. The van der Waals surface area contributed by atoms with Crippen molar-refractivity contribution < 1.29 is 32.3 Å². The van der Waals surface area contributed by atoms with E-state index in [1.807, 2.05) is 36.1 Å². The summed E-state index contributed by atoms with van der Waals surface area (Å²) >= 11 is 0. The Morgan fingerprint density at radius 1 is 1.00 bits per heavy atom. The van der Waals surface area contributed by atoms with Gasteiger partial charge in [0.05, 0.1) is 33.7 Å². The molecule has 16 nitrogen and oxygen atoms in total. The van der Waals surface area contributed by atoms with Crippen molar-refractivity contribution in [3.8, 4) is 11.6 Å². The van der Waals surface area contributed by atoms with Crippen molar-refractivity contribution >= 4 is 55.4 Å². The first-order valence-corrected chi connectivity index (χ1v) is 25.5. The number of pyridine rings is 1. The Labute approximate surface area is 390 Å². The van der Waals surface area contributed by atoms with E-state index in [2.05, 4.69) is 56.0 Å². The second-order valence-corrected chi connectivity index (χ2v) is 21.2. The Morgan fingerprint density at radius 2 is 1.81 bits per heavy atom. The van der Waals surface area contributed by atoms with Gasteiger partial charge >= 0.3 is 0 Å². The zero-order chi connectivity index (χ0) is 46.0. The number of nitrogens with one attached hydrogen (secondary N) is 3. The summed E-state index contributed by atoms with van der Waals surface area (Å²) in [5.74, 6) is -0.265. The minimum absolute atomic E-state index is 0.0385. The molecule has 6 aliphatic rings. The summed E-state index contributed by atoms with van der Waals surface area (Å²) in [5, 5.41) is 16.6.